The van der Waals surface area contributed by atoms with E-state index in [9.17, 15) is 5.11 Å². The van der Waals surface area contributed by atoms with Crippen molar-refractivity contribution in [2.45, 2.75) is 19.9 Å². The van der Waals surface area contributed by atoms with Gasteiger partial charge in [-0.1, -0.05) is 29.5 Å². The maximum absolute atomic E-state index is 10.9. The number of nitrogens with zero attached hydrogens (tertiary/aromatic N) is 5. The van der Waals surface area contributed by atoms with Gasteiger partial charge in [-0.05, 0) is 27.0 Å². The normalized spacial score (nSPS) is 17.4. The van der Waals surface area contributed by atoms with Crippen LogP contribution in [0.25, 0.3) is 4.96 Å². The molecule has 1 aromatic carbocycles. The SMILES string of the molecule is CCOc1ccccc1C(c1sc2nc(C)nn2c1O)N1CCN(C)CC1. The molecule has 4 rings (SSSR count). The molecule has 1 unspecified atom stereocenters. The Labute approximate surface area is 162 Å². The van der Waals surface area contributed by atoms with Crippen molar-refractivity contribution in [3.8, 4) is 11.6 Å². The Morgan fingerprint density at radius 1 is 1.22 bits per heavy atom. The maximum Gasteiger partial charge on any atom is 0.230 e. The molecule has 0 amide bonds. The molecule has 3 aromatic rings. The molecule has 0 spiro atoms. The van der Waals surface area contributed by atoms with E-state index in [1.165, 1.54) is 11.3 Å². The second-order valence-electron chi connectivity index (χ2n) is 6.86. The fraction of sp³-hybridized carbons (Fsp3) is 0.474. The summed E-state index contributed by atoms with van der Waals surface area (Å²) in [5, 5.41) is 15.3. The van der Waals surface area contributed by atoms with E-state index in [2.05, 4.69) is 33.0 Å². The van der Waals surface area contributed by atoms with Crippen LogP contribution >= 0.6 is 11.3 Å². The fourth-order valence-corrected chi connectivity index (χ4v) is 4.76. The van der Waals surface area contributed by atoms with Crippen LogP contribution in [0.4, 0.5) is 0 Å². The average Bonchev–Trinajstić information content (AvgIpc) is 3.16. The van der Waals surface area contributed by atoms with Gasteiger partial charge in [-0.2, -0.15) is 4.52 Å². The van der Waals surface area contributed by atoms with Crippen LogP contribution in [0, 0.1) is 6.92 Å². The number of aryl methyl sites for hydroxylation is 1. The second-order valence-corrected chi connectivity index (χ2v) is 7.87. The van der Waals surface area contributed by atoms with E-state index in [0.717, 1.165) is 42.4 Å². The molecule has 1 saturated heterocycles. The Hall–Kier alpha value is -2.16. The zero-order chi connectivity index (χ0) is 19.0. The quantitative estimate of drug-likeness (QED) is 0.726. The first-order valence-electron chi connectivity index (χ1n) is 9.27. The van der Waals surface area contributed by atoms with E-state index in [-0.39, 0.29) is 11.9 Å². The number of piperazine rings is 1. The number of fused-ring (bicyclic) bond motifs is 1. The highest BCUT2D eigenvalue weighted by atomic mass is 32.1. The summed E-state index contributed by atoms with van der Waals surface area (Å²) >= 11 is 1.50. The van der Waals surface area contributed by atoms with E-state index < -0.39 is 0 Å². The Bertz CT molecular complexity index is 929. The van der Waals surface area contributed by atoms with Crippen molar-refractivity contribution in [1.82, 2.24) is 24.4 Å². The third-order valence-corrected chi connectivity index (χ3v) is 6.04. The third-order valence-electron chi connectivity index (χ3n) is 4.97. The van der Waals surface area contributed by atoms with Crippen molar-refractivity contribution in [2.75, 3.05) is 39.8 Å². The Balaban J connectivity index is 1.83. The van der Waals surface area contributed by atoms with Gasteiger partial charge in [0.2, 0.25) is 10.8 Å². The van der Waals surface area contributed by atoms with Gasteiger partial charge in [0.25, 0.3) is 0 Å². The Morgan fingerprint density at radius 3 is 2.67 bits per heavy atom. The topological polar surface area (TPSA) is 66.1 Å². The summed E-state index contributed by atoms with van der Waals surface area (Å²) in [5.74, 6) is 1.69. The van der Waals surface area contributed by atoms with Gasteiger partial charge in [0.1, 0.15) is 11.6 Å². The number of aromatic nitrogens is 3. The van der Waals surface area contributed by atoms with Gasteiger partial charge in [0.05, 0.1) is 17.5 Å². The lowest BCUT2D eigenvalue weighted by atomic mass is 10.0. The zero-order valence-electron chi connectivity index (χ0n) is 15.9. The summed E-state index contributed by atoms with van der Waals surface area (Å²) in [7, 11) is 2.14. The molecule has 144 valence electrons. The maximum atomic E-state index is 10.9. The van der Waals surface area contributed by atoms with Crippen LogP contribution in [0.3, 0.4) is 0 Å². The highest BCUT2D eigenvalue weighted by Crippen LogP contribution is 2.42. The number of para-hydroxylation sites is 1. The van der Waals surface area contributed by atoms with Crippen LogP contribution in [0.2, 0.25) is 0 Å². The number of thiazole rings is 1. The summed E-state index contributed by atoms with van der Waals surface area (Å²) in [6.45, 7) is 8.27. The van der Waals surface area contributed by atoms with Crippen molar-refractivity contribution < 1.29 is 9.84 Å². The van der Waals surface area contributed by atoms with Crippen LogP contribution < -0.4 is 4.74 Å². The number of hydrogen-bond acceptors (Lipinski definition) is 7. The first-order valence-corrected chi connectivity index (χ1v) is 10.1. The highest BCUT2D eigenvalue weighted by Gasteiger charge is 2.32. The summed E-state index contributed by atoms with van der Waals surface area (Å²) in [5.41, 5.74) is 1.07. The Kier molecular flexibility index (Phi) is 5.03. The smallest absolute Gasteiger partial charge is 0.230 e. The average molecular weight is 388 g/mol. The van der Waals surface area contributed by atoms with Crippen LogP contribution in [0.5, 0.6) is 11.6 Å². The fourth-order valence-electron chi connectivity index (χ4n) is 3.60. The molecule has 0 saturated carbocycles. The van der Waals surface area contributed by atoms with Crippen molar-refractivity contribution in [3.05, 3.63) is 40.5 Å². The number of likely N-dealkylation sites (N-methyl/N-ethyl adjacent to an activating group) is 1. The number of ether oxygens (including phenoxy) is 1. The lowest BCUT2D eigenvalue weighted by Crippen LogP contribution is -2.46. The van der Waals surface area contributed by atoms with Gasteiger partial charge in [-0.25, -0.2) is 4.98 Å². The molecule has 1 aliphatic heterocycles. The number of rotatable bonds is 5. The molecule has 0 bridgehead atoms. The monoisotopic (exact) mass is 387 g/mol. The van der Waals surface area contributed by atoms with Crippen molar-refractivity contribution >= 4 is 16.3 Å². The van der Waals surface area contributed by atoms with Crippen LogP contribution in [-0.2, 0) is 0 Å². The largest absolute Gasteiger partial charge is 0.494 e. The first-order chi connectivity index (χ1) is 13.1. The molecule has 27 heavy (non-hydrogen) atoms. The van der Waals surface area contributed by atoms with Crippen LogP contribution in [0.1, 0.15) is 29.2 Å². The summed E-state index contributed by atoms with van der Waals surface area (Å²) in [4.78, 5) is 10.8. The van der Waals surface area contributed by atoms with E-state index in [4.69, 9.17) is 4.74 Å². The molecule has 1 fully saturated rings. The molecule has 8 heteroatoms. The Morgan fingerprint density at radius 2 is 1.96 bits per heavy atom. The minimum atomic E-state index is -0.0877. The molecule has 2 aromatic heterocycles. The van der Waals surface area contributed by atoms with E-state index >= 15 is 0 Å². The lowest BCUT2D eigenvalue weighted by molar-refractivity contribution is 0.125. The molecule has 3 heterocycles. The zero-order valence-corrected chi connectivity index (χ0v) is 16.7. The van der Waals surface area contributed by atoms with E-state index in [1.54, 1.807) is 4.52 Å². The van der Waals surface area contributed by atoms with Crippen molar-refractivity contribution in [3.63, 3.8) is 0 Å². The van der Waals surface area contributed by atoms with Crippen molar-refractivity contribution in [1.29, 1.82) is 0 Å². The summed E-state index contributed by atoms with van der Waals surface area (Å²) < 4.78 is 7.46. The molecular weight excluding hydrogens is 362 g/mol. The van der Waals surface area contributed by atoms with Gasteiger partial charge in [-0.3, -0.25) is 4.90 Å². The van der Waals surface area contributed by atoms with Gasteiger partial charge in [0.15, 0.2) is 0 Å². The molecule has 1 aliphatic rings. The molecule has 0 radical (unpaired) electrons. The standard InChI is InChI=1S/C19H25N5O2S/c1-4-26-15-8-6-5-7-14(15)16(23-11-9-22(3)10-12-23)17-18(25)24-19(27-17)20-13(2)21-24/h5-8,16,25H,4,9-12H2,1-3H3. The lowest BCUT2D eigenvalue weighted by Gasteiger charge is -2.38. The van der Waals surface area contributed by atoms with E-state index in [1.807, 2.05) is 32.0 Å². The van der Waals surface area contributed by atoms with Gasteiger partial charge in [-0.15, -0.1) is 5.10 Å². The number of benzene rings is 1. The predicted molar refractivity (Wildman–Crippen MR) is 106 cm³/mol. The third kappa shape index (κ3) is 3.40. The predicted octanol–water partition coefficient (Wildman–Crippen LogP) is 2.54. The van der Waals surface area contributed by atoms with Crippen LogP contribution in [0.15, 0.2) is 24.3 Å². The van der Waals surface area contributed by atoms with Gasteiger partial charge >= 0.3 is 0 Å². The summed E-state index contributed by atoms with van der Waals surface area (Å²) in [6, 6.07) is 8.02. The molecule has 0 aliphatic carbocycles. The van der Waals surface area contributed by atoms with Gasteiger partial charge < -0.3 is 14.7 Å². The molecule has 1 atom stereocenters. The van der Waals surface area contributed by atoms with Crippen LogP contribution in [-0.4, -0.2) is 69.3 Å². The number of aromatic hydroxyl groups is 1. The molecule has 1 N–H and O–H groups in total. The molecular formula is C19H25N5O2S. The van der Waals surface area contributed by atoms with Crippen molar-refractivity contribution in [2.24, 2.45) is 0 Å². The highest BCUT2D eigenvalue weighted by molar-refractivity contribution is 7.17. The summed E-state index contributed by atoms with van der Waals surface area (Å²) in [6.07, 6.45) is 0. The number of hydrogen-bond donors (Lipinski definition) is 1. The first kappa shape index (κ1) is 18.2. The molecule has 7 nitrogen and oxygen atoms in total. The minimum Gasteiger partial charge on any atom is -0.494 e. The van der Waals surface area contributed by atoms with Gasteiger partial charge in [0, 0.05) is 31.7 Å². The minimum absolute atomic E-state index is 0.0877. The van der Waals surface area contributed by atoms with E-state index in [0.29, 0.717) is 17.4 Å². The second kappa shape index (κ2) is 7.46.